The zero-order chi connectivity index (χ0) is 24.1. The minimum absolute atomic E-state index is 0.326. The van der Waals surface area contributed by atoms with Crippen LogP contribution >= 0.6 is 23.2 Å². The molecule has 0 aliphatic carbocycles. The number of nitrogens with zero attached hydrogens (tertiary/aromatic N) is 1. The van der Waals surface area contributed by atoms with E-state index in [1.165, 1.54) is 0 Å². The molecule has 7 heteroatoms. The summed E-state index contributed by atoms with van der Waals surface area (Å²) in [5.41, 5.74) is 2.83. The lowest BCUT2D eigenvalue weighted by atomic mass is 9.91. The summed E-state index contributed by atoms with van der Waals surface area (Å²) in [5.74, 6) is 0.387. The fourth-order valence-electron chi connectivity index (χ4n) is 4.49. The minimum Gasteiger partial charge on any atom is -0.493 e. The normalized spacial score (nSPS) is 17.2. The summed E-state index contributed by atoms with van der Waals surface area (Å²) >= 11 is 12.5. The van der Waals surface area contributed by atoms with Crippen LogP contribution in [0, 0.1) is 0 Å². The average Bonchev–Trinajstić information content (AvgIpc) is 2.86. The van der Waals surface area contributed by atoms with Crippen LogP contribution in [0.2, 0.25) is 10.0 Å². The summed E-state index contributed by atoms with van der Waals surface area (Å²) in [7, 11) is 1.60. The van der Waals surface area contributed by atoms with Gasteiger partial charge in [0.25, 0.3) is 0 Å². The first-order valence-electron chi connectivity index (χ1n) is 11.3. The fourth-order valence-corrected chi connectivity index (χ4v) is 4.80. The lowest BCUT2D eigenvalue weighted by molar-refractivity contribution is -0.145. The number of hydrogen-bond acceptors (Lipinski definition) is 4. The maximum atomic E-state index is 12.1. The Kier molecular flexibility index (Phi) is 7.99. The Balaban J connectivity index is 1.71. The molecule has 3 aromatic rings. The highest BCUT2D eigenvalue weighted by Gasteiger charge is 2.35. The number of carbonyl (C=O) groups is 1. The molecule has 1 aliphatic rings. The molecule has 1 heterocycles. The summed E-state index contributed by atoms with van der Waals surface area (Å²) in [5, 5.41) is 10.8. The van der Waals surface area contributed by atoms with Gasteiger partial charge in [-0.2, -0.15) is 0 Å². The summed E-state index contributed by atoms with van der Waals surface area (Å²) in [6.45, 7) is 1.08. The van der Waals surface area contributed by atoms with E-state index in [9.17, 15) is 9.90 Å². The van der Waals surface area contributed by atoms with Gasteiger partial charge in [-0.1, -0.05) is 72.1 Å². The van der Waals surface area contributed by atoms with Crippen LogP contribution in [0.5, 0.6) is 11.5 Å². The molecular weight excluding hydrogens is 473 g/mol. The molecule has 0 radical (unpaired) electrons. The van der Waals surface area contributed by atoms with E-state index >= 15 is 0 Å². The van der Waals surface area contributed by atoms with Gasteiger partial charge in [-0.25, -0.2) is 0 Å². The first-order valence-corrected chi connectivity index (χ1v) is 12.0. The molecular formula is C27H27Cl2NO4. The molecule has 0 spiro atoms. The van der Waals surface area contributed by atoms with Crippen LogP contribution in [0.3, 0.4) is 0 Å². The molecule has 1 N–H and O–H groups in total. The lowest BCUT2D eigenvalue weighted by Gasteiger charge is -2.39. The third kappa shape index (κ3) is 5.49. The molecule has 178 valence electrons. The number of carboxylic acids is 1. The third-order valence-corrected chi connectivity index (χ3v) is 6.90. The van der Waals surface area contributed by atoms with Crippen LogP contribution < -0.4 is 9.47 Å². The Morgan fingerprint density at radius 2 is 1.74 bits per heavy atom. The molecule has 2 unspecified atom stereocenters. The van der Waals surface area contributed by atoms with Crippen molar-refractivity contribution in [3.63, 3.8) is 0 Å². The van der Waals surface area contributed by atoms with Gasteiger partial charge in [-0.05, 0) is 60.3 Å². The SMILES string of the molecule is COc1cc(C(c2ccc(Cl)c(Cl)c2)N2CCCCC2C(=O)O)ccc1OCc1ccccc1. The number of methoxy groups -OCH3 is 1. The van der Waals surface area contributed by atoms with Crippen molar-refractivity contribution in [3.8, 4) is 11.5 Å². The molecule has 1 saturated heterocycles. The molecule has 0 aromatic heterocycles. The van der Waals surface area contributed by atoms with Gasteiger partial charge in [0.1, 0.15) is 12.6 Å². The van der Waals surface area contributed by atoms with E-state index in [-0.39, 0.29) is 6.04 Å². The van der Waals surface area contributed by atoms with E-state index in [1.807, 2.05) is 65.6 Å². The summed E-state index contributed by atoms with van der Waals surface area (Å²) < 4.78 is 11.7. The van der Waals surface area contributed by atoms with E-state index in [1.54, 1.807) is 13.2 Å². The van der Waals surface area contributed by atoms with Crippen molar-refractivity contribution < 1.29 is 19.4 Å². The van der Waals surface area contributed by atoms with Crippen LogP contribution in [0.15, 0.2) is 66.7 Å². The molecule has 1 fully saturated rings. The number of benzene rings is 3. The van der Waals surface area contributed by atoms with Crippen LogP contribution in [0.25, 0.3) is 0 Å². The quantitative estimate of drug-likeness (QED) is 0.377. The fraction of sp³-hybridized carbons (Fsp3) is 0.296. The van der Waals surface area contributed by atoms with Crippen molar-refractivity contribution >= 4 is 29.2 Å². The second kappa shape index (κ2) is 11.1. The number of piperidine rings is 1. The van der Waals surface area contributed by atoms with E-state index in [4.69, 9.17) is 32.7 Å². The van der Waals surface area contributed by atoms with Crippen molar-refractivity contribution in [2.75, 3.05) is 13.7 Å². The van der Waals surface area contributed by atoms with Gasteiger partial charge < -0.3 is 14.6 Å². The first-order chi connectivity index (χ1) is 16.5. The highest BCUT2D eigenvalue weighted by Crippen LogP contribution is 2.40. The maximum Gasteiger partial charge on any atom is 0.320 e. The number of ether oxygens (including phenoxy) is 2. The van der Waals surface area contributed by atoms with Crippen LogP contribution in [0.1, 0.15) is 42.0 Å². The molecule has 0 saturated carbocycles. The molecule has 4 rings (SSSR count). The van der Waals surface area contributed by atoms with Crippen LogP contribution in [0.4, 0.5) is 0 Å². The van der Waals surface area contributed by atoms with Gasteiger partial charge in [0.05, 0.1) is 23.2 Å². The topological polar surface area (TPSA) is 59.0 Å². The molecule has 0 bridgehead atoms. The van der Waals surface area contributed by atoms with Crippen molar-refractivity contribution in [3.05, 3.63) is 93.5 Å². The molecule has 34 heavy (non-hydrogen) atoms. The second-order valence-corrected chi connectivity index (χ2v) is 9.16. The number of hydrogen-bond donors (Lipinski definition) is 1. The molecule has 5 nitrogen and oxygen atoms in total. The van der Waals surface area contributed by atoms with Gasteiger partial charge in [-0.3, -0.25) is 9.69 Å². The molecule has 0 amide bonds. The van der Waals surface area contributed by atoms with Gasteiger partial charge in [0.15, 0.2) is 11.5 Å². The standard InChI is InChI=1S/C27H27Cl2NO4/c1-33-25-16-20(11-13-24(25)34-17-18-7-3-2-4-8-18)26(19-10-12-21(28)22(29)15-19)30-14-6-5-9-23(30)27(31)32/h2-4,7-8,10-13,15-16,23,26H,5-6,9,14,17H2,1H3,(H,31,32). The summed E-state index contributed by atoms with van der Waals surface area (Å²) in [6, 6.07) is 20.2. The largest absolute Gasteiger partial charge is 0.493 e. The Bertz CT molecular complexity index is 1140. The maximum absolute atomic E-state index is 12.1. The zero-order valence-electron chi connectivity index (χ0n) is 18.9. The zero-order valence-corrected chi connectivity index (χ0v) is 20.4. The lowest BCUT2D eigenvalue weighted by Crippen LogP contribution is -2.46. The van der Waals surface area contributed by atoms with Crippen molar-refractivity contribution in [2.45, 2.75) is 38.0 Å². The van der Waals surface area contributed by atoms with Crippen LogP contribution in [-0.4, -0.2) is 35.7 Å². The number of aliphatic carboxylic acids is 1. The highest BCUT2D eigenvalue weighted by atomic mass is 35.5. The average molecular weight is 500 g/mol. The molecule has 3 aromatic carbocycles. The third-order valence-electron chi connectivity index (χ3n) is 6.16. The first kappa shape index (κ1) is 24.4. The molecule has 2 atom stereocenters. The highest BCUT2D eigenvalue weighted by molar-refractivity contribution is 6.42. The molecule has 1 aliphatic heterocycles. The van der Waals surface area contributed by atoms with Crippen molar-refractivity contribution in [1.82, 2.24) is 4.90 Å². The van der Waals surface area contributed by atoms with Crippen molar-refractivity contribution in [1.29, 1.82) is 0 Å². The Hall–Kier alpha value is -2.73. The van der Waals surface area contributed by atoms with Gasteiger partial charge in [0.2, 0.25) is 0 Å². The number of rotatable bonds is 8. The van der Waals surface area contributed by atoms with E-state index in [2.05, 4.69) is 0 Å². The van der Waals surface area contributed by atoms with E-state index < -0.39 is 12.0 Å². The Morgan fingerprint density at radius 3 is 2.44 bits per heavy atom. The van der Waals surface area contributed by atoms with E-state index in [0.29, 0.717) is 41.1 Å². The number of likely N-dealkylation sites (tertiary alicyclic amines) is 1. The number of halogens is 2. The minimum atomic E-state index is -0.820. The predicted octanol–water partition coefficient (Wildman–Crippen LogP) is 6.61. The Labute approximate surface area is 209 Å². The van der Waals surface area contributed by atoms with Gasteiger partial charge in [-0.15, -0.1) is 0 Å². The smallest absolute Gasteiger partial charge is 0.320 e. The van der Waals surface area contributed by atoms with Gasteiger partial charge in [0, 0.05) is 0 Å². The van der Waals surface area contributed by atoms with Crippen LogP contribution in [-0.2, 0) is 11.4 Å². The monoisotopic (exact) mass is 499 g/mol. The van der Waals surface area contributed by atoms with Gasteiger partial charge >= 0.3 is 5.97 Å². The summed E-state index contributed by atoms with van der Waals surface area (Å²) in [6.07, 6.45) is 2.41. The Morgan fingerprint density at radius 1 is 1.00 bits per heavy atom. The van der Waals surface area contributed by atoms with Crippen molar-refractivity contribution in [2.24, 2.45) is 0 Å². The number of carboxylic acid groups (broad SMARTS) is 1. The second-order valence-electron chi connectivity index (χ2n) is 8.35. The summed E-state index contributed by atoms with van der Waals surface area (Å²) in [4.78, 5) is 14.1. The predicted molar refractivity (Wildman–Crippen MR) is 134 cm³/mol. The van der Waals surface area contributed by atoms with E-state index in [0.717, 1.165) is 29.5 Å².